The largest absolute Gasteiger partial charge is 0.493 e. The summed E-state index contributed by atoms with van der Waals surface area (Å²) in [6, 6.07) is 6.01. The van der Waals surface area contributed by atoms with Gasteiger partial charge in [-0.05, 0) is 12.1 Å². The summed E-state index contributed by atoms with van der Waals surface area (Å²) >= 11 is 0. The van der Waals surface area contributed by atoms with Crippen molar-refractivity contribution in [1.82, 2.24) is 0 Å². The van der Waals surface area contributed by atoms with Crippen LogP contribution in [-0.2, 0) is 4.79 Å². The molecule has 7 heteroatoms. The predicted molar refractivity (Wildman–Crippen MR) is 63.4 cm³/mol. The van der Waals surface area contributed by atoms with Crippen LogP contribution >= 0.6 is 0 Å². The molecule has 1 amide bonds. The van der Waals surface area contributed by atoms with Crippen LogP contribution in [-0.4, -0.2) is 26.0 Å². The fourth-order valence-corrected chi connectivity index (χ4v) is 1.29. The van der Waals surface area contributed by atoms with Crippen LogP contribution < -0.4 is 14.8 Å². The molecule has 1 rings (SSSR count). The molecule has 0 heterocycles. The van der Waals surface area contributed by atoms with Gasteiger partial charge in [-0.3, -0.25) is 4.79 Å². The Morgan fingerprint density at radius 2 is 2.21 bits per heavy atom. The molecule has 0 atom stereocenters. The van der Waals surface area contributed by atoms with Gasteiger partial charge in [-0.2, -0.15) is 5.26 Å². The van der Waals surface area contributed by atoms with Crippen molar-refractivity contribution in [2.45, 2.75) is 12.8 Å². The molecule has 1 aromatic carbocycles. The van der Waals surface area contributed by atoms with Crippen LogP contribution in [0.25, 0.3) is 0 Å². The molecule has 1 aromatic rings. The Morgan fingerprint density at radius 1 is 1.47 bits per heavy atom. The maximum atomic E-state index is 12.0. The highest BCUT2D eigenvalue weighted by molar-refractivity contribution is 5.92. The van der Waals surface area contributed by atoms with E-state index in [1.165, 1.54) is 25.3 Å². The van der Waals surface area contributed by atoms with Crippen molar-refractivity contribution >= 4 is 11.6 Å². The molecule has 0 aliphatic heterocycles. The van der Waals surface area contributed by atoms with Crippen molar-refractivity contribution < 1.29 is 23.0 Å². The van der Waals surface area contributed by atoms with E-state index >= 15 is 0 Å². The molecule has 0 aromatic heterocycles. The van der Waals surface area contributed by atoms with Crippen LogP contribution in [0.3, 0.4) is 0 Å². The fraction of sp³-hybridized carbons (Fsp3) is 0.333. The maximum absolute atomic E-state index is 12.0. The molecular formula is C12H12F2N2O3. The number of anilines is 1. The third kappa shape index (κ3) is 4.79. The van der Waals surface area contributed by atoms with E-state index in [1.54, 1.807) is 6.07 Å². The highest BCUT2D eigenvalue weighted by Crippen LogP contribution is 2.30. The van der Waals surface area contributed by atoms with Gasteiger partial charge in [-0.15, -0.1) is 0 Å². The molecular weight excluding hydrogens is 258 g/mol. The van der Waals surface area contributed by atoms with Crippen molar-refractivity contribution in [3.05, 3.63) is 18.2 Å². The monoisotopic (exact) mass is 270 g/mol. The van der Waals surface area contributed by atoms with Gasteiger partial charge in [0.05, 0.1) is 13.2 Å². The molecule has 0 fully saturated rings. The number of nitrogens with one attached hydrogen (secondary N) is 1. The second kappa shape index (κ2) is 7.16. The highest BCUT2D eigenvalue weighted by Gasteiger charge is 2.10. The van der Waals surface area contributed by atoms with Gasteiger partial charge in [0.2, 0.25) is 5.91 Å². The summed E-state index contributed by atoms with van der Waals surface area (Å²) in [6.07, 6.45) is -2.86. The van der Waals surface area contributed by atoms with Gasteiger partial charge < -0.3 is 14.8 Å². The first kappa shape index (κ1) is 14.7. The van der Waals surface area contributed by atoms with Crippen LogP contribution in [0.4, 0.5) is 14.5 Å². The molecule has 0 spiro atoms. The quantitative estimate of drug-likeness (QED) is 0.860. The summed E-state index contributed by atoms with van der Waals surface area (Å²) in [5.41, 5.74) is 0.390. The standard InChI is InChI=1S/C12H12F2N2O3/c1-18-10-6-8(16-12(17)4-5-15)2-3-9(10)19-7-11(13)14/h2-3,6,11H,4,7H2,1H3,(H,16,17). The lowest BCUT2D eigenvalue weighted by molar-refractivity contribution is -0.115. The Hall–Kier alpha value is -2.36. The van der Waals surface area contributed by atoms with Crippen molar-refractivity contribution in [3.8, 4) is 17.6 Å². The summed E-state index contributed by atoms with van der Waals surface area (Å²) in [7, 11) is 1.35. The van der Waals surface area contributed by atoms with E-state index in [0.29, 0.717) is 5.69 Å². The Morgan fingerprint density at radius 3 is 2.79 bits per heavy atom. The van der Waals surface area contributed by atoms with Crippen molar-refractivity contribution in [3.63, 3.8) is 0 Å². The topological polar surface area (TPSA) is 71.3 Å². The maximum Gasteiger partial charge on any atom is 0.272 e. The summed E-state index contributed by atoms with van der Waals surface area (Å²) in [6.45, 7) is -0.740. The molecule has 5 nitrogen and oxygen atoms in total. The van der Waals surface area contributed by atoms with E-state index in [1.807, 2.05) is 0 Å². The van der Waals surface area contributed by atoms with Gasteiger partial charge in [0, 0.05) is 11.8 Å². The molecule has 0 aliphatic rings. The fourth-order valence-electron chi connectivity index (χ4n) is 1.29. The van der Waals surface area contributed by atoms with Crippen LogP contribution in [0.15, 0.2) is 18.2 Å². The lowest BCUT2D eigenvalue weighted by Gasteiger charge is -2.12. The SMILES string of the molecule is COc1cc(NC(=O)CC#N)ccc1OCC(F)F. The third-order valence-electron chi connectivity index (χ3n) is 2.05. The molecule has 102 valence electrons. The van der Waals surface area contributed by atoms with Crippen LogP contribution in [0.1, 0.15) is 6.42 Å². The summed E-state index contributed by atoms with van der Waals surface area (Å²) < 4.78 is 33.9. The third-order valence-corrected chi connectivity index (χ3v) is 2.05. The number of nitriles is 1. The lowest BCUT2D eigenvalue weighted by Crippen LogP contribution is -2.11. The molecule has 1 N–H and O–H groups in total. The highest BCUT2D eigenvalue weighted by atomic mass is 19.3. The van der Waals surface area contributed by atoms with E-state index in [9.17, 15) is 13.6 Å². The first-order valence-electron chi connectivity index (χ1n) is 5.32. The average Bonchev–Trinajstić information content (AvgIpc) is 2.37. The normalized spacial score (nSPS) is 9.84. The Labute approximate surface area is 108 Å². The van der Waals surface area contributed by atoms with Crippen LogP contribution in [0.2, 0.25) is 0 Å². The number of benzene rings is 1. The molecule has 0 aliphatic carbocycles. The van der Waals surface area contributed by atoms with Gasteiger partial charge in [0.25, 0.3) is 6.43 Å². The number of amides is 1. The zero-order chi connectivity index (χ0) is 14.3. The minimum Gasteiger partial charge on any atom is -0.493 e. The summed E-state index contributed by atoms with van der Waals surface area (Å²) in [5.74, 6) is -0.0951. The molecule has 0 unspecified atom stereocenters. The average molecular weight is 270 g/mol. The zero-order valence-corrected chi connectivity index (χ0v) is 10.2. The van der Waals surface area contributed by atoms with E-state index in [4.69, 9.17) is 14.7 Å². The number of methoxy groups -OCH3 is 1. The molecule has 19 heavy (non-hydrogen) atoms. The lowest BCUT2D eigenvalue weighted by atomic mass is 10.2. The van der Waals surface area contributed by atoms with Gasteiger partial charge in [0.15, 0.2) is 11.5 Å². The van der Waals surface area contributed by atoms with Gasteiger partial charge in [-0.25, -0.2) is 8.78 Å². The number of carbonyl (C=O) groups is 1. The van der Waals surface area contributed by atoms with E-state index in [0.717, 1.165) is 0 Å². The molecule has 0 saturated carbocycles. The minimum atomic E-state index is -2.58. The first-order valence-corrected chi connectivity index (χ1v) is 5.32. The summed E-state index contributed by atoms with van der Waals surface area (Å²) in [5, 5.41) is 10.8. The second-order valence-corrected chi connectivity index (χ2v) is 3.45. The number of ether oxygens (including phenoxy) is 2. The summed E-state index contributed by atoms with van der Waals surface area (Å²) in [4.78, 5) is 11.2. The first-order chi connectivity index (χ1) is 9.06. The van der Waals surface area contributed by atoms with Crippen molar-refractivity contribution in [1.29, 1.82) is 5.26 Å². The Kier molecular flexibility index (Phi) is 5.54. The van der Waals surface area contributed by atoms with Crippen molar-refractivity contribution in [2.24, 2.45) is 0 Å². The van der Waals surface area contributed by atoms with Gasteiger partial charge in [0.1, 0.15) is 13.0 Å². The van der Waals surface area contributed by atoms with E-state index < -0.39 is 18.9 Å². The van der Waals surface area contributed by atoms with Crippen molar-refractivity contribution in [2.75, 3.05) is 19.0 Å². The number of nitrogens with zero attached hydrogens (tertiary/aromatic N) is 1. The van der Waals surface area contributed by atoms with E-state index in [2.05, 4.69) is 5.32 Å². The molecule has 0 bridgehead atoms. The molecule has 0 saturated heterocycles. The van der Waals surface area contributed by atoms with Gasteiger partial charge >= 0.3 is 0 Å². The smallest absolute Gasteiger partial charge is 0.272 e. The predicted octanol–water partition coefficient (Wildman–Crippen LogP) is 2.19. The van der Waals surface area contributed by atoms with Gasteiger partial charge in [-0.1, -0.05) is 0 Å². The van der Waals surface area contributed by atoms with E-state index in [-0.39, 0.29) is 17.9 Å². The number of hydrogen-bond donors (Lipinski definition) is 1. The number of hydrogen-bond acceptors (Lipinski definition) is 4. The Balaban J connectivity index is 2.78. The molecule has 0 radical (unpaired) electrons. The van der Waals surface area contributed by atoms with Crippen LogP contribution in [0.5, 0.6) is 11.5 Å². The number of alkyl halides is 2. The number of rotatable bonds is 6. The zero-order valence-electron chi connectivity index (χ0n) is 10.2. The Bertz CT molecular complexity index is 486. The number of halogens is 2. The minimum absolute atomic E-state index is 0.154. The van der Waals surface area contributed by atoms with Crippen LogP contribution in [0, 0.1) is 11.3 Å². The number of carbonyl (C=O) groups excluding carboxylic acids is 1. The second-order valence-electron chi connectivity index (χ2n) is 3.45.